The van der Waals surface area contributed by atoms with Crippen molar-refractivity contribution < 1.29 is 14.3 Å². The van der Waals surface area contributed by atoms with E-state index < -0.39 is 5.97 Å². The molecule has 0 aliphatic heterocycles. The molecule has 1 aromatic heterocycles. The smallest absolute Gasteiger partial charge is 0.335 e. The lowest BCUT2D eigenvalue weighted by molar-refractivity contribution is 0.0696. The molecule has 1 heterocycles. The van der Waals surface area contributed by atoms with Crippen LogP contribution in [0.3, 0.4) is 0 Å². The van der Waals surface area contributed by atoms with Crippen LogP contribution in [0.1, 0.15) is 47.7 Å². The van der Waals surface area contributed by atoms with Crippen molar-refractivity contribution in [1.82, 2.24) is 0 Å². The molecule has 18 heavy (non-hydrogen) atoms. The number of hydrogen-bond donors (Lipinski definition) is 1. The lowest BCUT2D eigenvalue weighted by Crippen LogP contribution is -2.13. The Labute approximate surface area is 105 Å². The molecule has 0 saturated carbocycles. The first kappa shape index (κ1) is 11.3. The van der Waals surface area contributed by atoms with Crippen LogP contribution < -0.4 is 0 Å². The largest absolute Gasteiger partial charge is 0.478 e. The fourth-order valence-corrected chi connectivity index (χ4v) is 3.03. The Hall–Kier alpha value is -1.77. The molecule has 0 spiro atoms. The average molecular weight is 244 g/mol. The van der Waals surface area contributed by atoms with Crippen molar-refractivity contribution in [2.75, 3.05) is 0 Å². The van der Waals surface area contributed by atoms with E-state index in [9.17, 15) is 9.90 Å². The highest BCUT2D eigenvalue weighted by Gasteiger charge is 2.27. The molecule has 2 aromatic rings. The quantitative estimate of drug-likeness (QED) is 0.873. The highest BCUT2D eigenvalue weighted by molar-refractivity contribution is 5.96. The van der Waals surface area contributed by atoms with Crippen LogP contribution in [0.4, 0.5) is 0 Å². The van der Waals surface area contributed by atoms with Gasteiger partial charge in [-0.3, -0.25) is 0 Å². The van der Waals surface area contributed by atoms with Gasteiger partial charge < -0.3 is 9.52 Å². The second-order valence-corrected chi connectivity index (χ2v) is 5.39. The maximum absolute atomic E-state index is 11.2. The lowest BCUT2D eigenvalue weighted by Gasteiger charge is -2.26. The predicted octanol–water partition coefficient (Wildman–Crippen LogP) is 3.82. The Balaban J connectivity index is 2.30. The van der Waals surface area contributed by atoms with Gasteiger partial charge in [-0.25, -0.2) is 4.79 Å². The summed E-state index contributed by atoms with van der Waals surface area (Å²) >= 11 is 0. The number of furan rings is 1. The molecular formula is C15H16O3. The number of rotatable bonds is 2. The Morgan fingerprint density at radius 1 is 1.44 bits per heavy atom. The first-order valence-corrected chi connectivity index (χ1v) is 6.35. The Bertz CT molecular complexity index is 622. The van der Waals surface area contributed by atoms with Crippen molar-refractivity contribution in [2.24, 2.45) is 5.92 Å². The summed E-state index contributed by atoms with van der Waals surface area (Å²) in [5, 5.41) is 10.3. The molecular weight excluding hydrogens is 228 g/mol. The fourth-order valence-electron chi connectivity index (χ4n) is 3.03. The van der Waals surface area contributed by atoms with Gasteiger partial charge in [0.2, 0.25) is 0 Å². The zero-order valence-electron chi connectivity index (χ0n) is 10.6. The van der Waals surface area contributed by atoms with Crippen molar-refractivity contribution in [2.45, 2.75) is 32.6 Å². The fraction of sp³-hybridized carbons (Fsp3) is 0.400. The number of aryl methyl sites for hydroxylation is 1. The molecule has 0 amide bonds. The van der Waals surface area contributed by atoms with E-state index in [4.69, 9.17) is 4.42 Å². The molecule has 1 aliphatic rings. The van der Waals surface area contributed by atoms with Gasteiger partial charge in [-0.15, -0.1) is 0 Å². The van der Waals surface area contributed by atoms with E-state index in [2.05, 4.69) is 13.8 Å². The van der Waals surface area contributed by atoms with Crippen molar-refractivity contribution in [1.29, 1.82) is 0 Å². The molecule has 94 valence electrons. The summed E-state index contributed by atoms with van der Waals surface area (Å²) in [5.41, 5.74) is 3.40. The van der Waals surface area contributed by atoms with Crippen molar-refractivity contribution in [3.8, 4) is 0 Å². The summed E-state index contributed by atoms with van der Waals surface area (Å²) in [4.78, 5) is 11.2. The molecule has 1 atom stereocenters. The van der Waals surface area contributed by atoms with E-state index in [1.165, 1.54) is 5.56 Å². The molecule has 1 aromatic carbocycles. The number of aromatic carboxylic acids is 1. The van der Waals surface area contributed by atoms with Crippen molar-refractivity contribution in [3.05, 3.63) is 35.1 Å². The average Bonchev–Trinajstić information content (AvgIpc) is 2.74. The highest BCUT2D eigenvalue weighted by Crippen LogP contribution is 2.41. The third-order valence-corrected chi connectivity index (χ3v) is 3.96. The van der Waals surface area contributed by atoms with E-state index in [0.717, 1.165) is 23.8 Å². The molecule has 3 nitrogen and oxygen atoms in total. The molecule has 1 N–H and O–H groups in total. The highest BCUT2D eigenvalue weighted by atomic mass is 16.4. The molecule has 1 unspecified atom stereocenters. The standard InChI is InChI=1S/C15H16O3/c1-8(2)11-4-3-9-7-18-13-6-10(15(16)17)5-12(11)14(9)13/h5-8,11H,3-4H2,1-2H3,(H,16,17). The number of carboxylic acids is 1. The van der Waals surface area contributed by atoms with Crippen molar-refractivity contribution >= 4 is 16.9 Å². The Kier molecular flexibility index (Phi) is 2.44. The summed E-state index contributed by atoms with van der Waals surface area (Å²) in [6, 6.07) is 3.46. The maximum Gasteiger partial charge on any atom is 0.335 e. The van der Waals surface area contributed by atoms with Gasteiger partial charge in [-0.2, -0.15) is 0 Å². The first-order valence-electron chi connectivity index (χ1n) is 6.35. The van der Waals surface area contributed by atoms with Crippen LogP contribution in [0.15, 0.2) is 22.8 Å². The SMILES string of the molecule is CC(C)C1CCc2coc3cc(C(=O)O)cc1c23. The minimum Gasteiger partial charge on any atom is -0.478 e. The Morgan fingerprint density at radius 2 is 2.22 bits per heavy atom. The number of hydrogen-bond acceptors (Lipinski definition) is 2. The van der Waals surface area contributed by atoms with Crippen LogP contribution in [0.25, 0.3) is 11.0 Å². The van der Waals surface area contributed by atoms with Gasteiger partial charge in [0, 0.05) is 5.39 Å². The summed E-state index contributed by atoms with van der Waals surface area (Å²) < 4.78 is 5.52. The monoisotopic (exact) mass is 244 g/mol. The second kappa shape index (κ2) is 3.87. The van der Waals surface area contributed by atoms with Gasteiger partial charge >= 0.3 is 5.97 Å². The summed E-state index contributed by atoms with van der Waals surface area (Å²) in [6.45, 7) is 4.38. The number of carboxylic acid groups (broad SMARTS) is 1. The minimum absolute atomic E-state index is 0.325. The normalized spacial score (nSPS) is 18.5. The van der Waals surface area contributed by atoms with E-state index in [1.54, 1.807) is 12.3 Å². The number of benzene rings is 1. The maximum atomic E-state index is 11.2. The lowest BCUT2D eigenvalue weighted by atomic mass is 9.77. The van der Waals surface area contributed by atoms with Gasteiger partial charge in [0.05, 0.1) is 11.8 Å². The second-order valence-electron chi connectivity index (χ2n) is 5.39. The molecule has 0 saturated heterocycles. The van der Waals surface area contributed by atoms with E-state index in [0.29, 0.717) is 23.0 Å². The zero-order valence-corrected chi connectivity index (χ0v) is 10.6. The summed E-state index contributed by atoms with van der Waals surface area (Å²) in [5.74, 6) is 0.0522. The third-order valence-electron chi connectivity index (χ3n) is 3.96. The van der Waals surface area contributed by atoms with Gasteiger partial charge in [-0.1, -0.05) is 13.8 Å². The van der Waals surface area contributed by atoms with Crippen LogP contribution in [0.5, 0.6) is 0 Å². The van der Waals surface area contributed by atoms with Crippen molar-refractivity contribution in [3.63, 3.8) is 0 Å². The molecule has 1 aliphatic carbocycles. The molecule has 3 heteroatoms. The van der Waals surface area contributed by atoms with Gasteiger partial charge in [-0.05, 0) is 47.9 Å². The van der Waals surface area contributed by atoms with Gasteiger partial charge in [0.25, 0.3) is 0 Å². The van der Waals surface area contributed by atoms with Gasteiger partial charge in [0.1, 0.15) is 5.58 Å². The first-order chi connectivity index (χ1) is 8.58. The van der Waals surface area contributed by atoms with Crippen LogP contribution in [0, 0.1) is 5.92 Å². The minimum atomic E-state index is -0.890. The van der Waals surface area contributed by atoms with Crippen LogP contribution in [-0.2, 0) is 6.42 Å². The third kappa shape index (κ3) is 1.54. The molecule has 0 bridgehead atoms. The van der Waals surface area contributed by atoms with E-state index in [-0.39, 0.29) is 0 Å². The van der Waals surface area contributed by atoms with Gasteiger partial charge in [0.15, 0.2) is 0 Å². The topological polar surface area (TPSA) is 50.4 Å². The van der Waals surface area contributed by atoms with Crippen LogP contribution >= 0.6 is 0 Å². The molecule has 0 radical (unpaired) electrons. The molecule has 3 rings (SSSR count). The Morgan fingerprint density at radius 3 is 2.89 bits per heavy atom. The number of carbonyl (C=O) groups is 1. The van der Waals surface area contributed by atoms with Crippen LogP contribution in [-0.4, -0.2) is 11.1 Å². The van der Waals surface area contributed by atoms with Crippen LogP contribution in [0.2, 0.25) is 0 Å². The zero-order chi connectivity index (χ0) is 12.9. The molecule has 0 fully saturated rings. The van der Waals surface area contributed by atoms with E-state index >= 15 is 0 Å². The summed E-state index contributed by atoms with van der Waals surface area (Å²) in [7, 11) is 0. The summed E-state index contributed by atoms with van der Waals surface area (Å²) in [6.07, 6.45) is 3.87. The van der Waals surface area contributed by atoms with E-state index in [1.807, 2.05) is 6.07 Å². The predicted molar refractivity (Wildman–Crippen MR) is 69.1 cm³/mol.